The van der Waals surface area contributed by atoms with Gasteiger partial charge in [-0.25, -0.2) is 9.97 Å². The summed E-state index contributed by atoms with van der Waals surface area (Å²) in [6, 6.07) is 2.09. The molecule has 0 aliphatic heterocycles. The van der Waals surface area contributed by atoms with E-state index in [-0.39, 0.29) is 6.04 Å². The Morgan fingerprint density at radius 3 is 2.58 bits per heavy atom. The van der Waals surface area contributed by atoms with Gasteiger partial charge < -0.3 is 5.32 Å². The second-order valence-electron chi connectivity index (χ2n) is 6.80. The van der Waals surface area contributed by atoms with Gasteiger partial charge in [0.15, 0.2) is 5.65 Å². The number of hydrogen-bond donors (Lipinski definition) is 1. The average Bonchev–Trinajstić information content (AvgIpc) is 3.04. The normalized spacial score (nSPS) is 13.0. The molecule has 0 saturated heterocycles. The lowest BCUT2D eigenvalue weighted by Crippen LogP contribution is -2.20. The molecule has 0 radical (unpaired) electrons. The molecule has 7 nitrogen and oxygen atoms in total. The van der Waals surface area contributed by atoms with E-state index in [1.165, 1.54) is 0 Å². The summed E-state index contributed by atoms with van der Waals surface area (Å²) in [4.78, 5) is 9.07. The molecule has 0 aliphatic carbocycles. The standard InChI is InChI=1S/C17H25N7/c1-10(2)7-14(17-18-9-19-23(17)6)21-15-8-11(3)20-16-12(4)13(5)22-24(15)16/h8-10,14,21H,7H2,1-6H3/t14-/m1/s1. The SMILES string of the molecule is Cc1cc(N[C@H](CC(C)C)c2ncnn2C)n2nc(C)c(C)c2n1. The van der Waals surface area contributed by atoms with Gasteiger partial charge in [-0.3, -0.25) is 4.68 Å². The number of nitrogens with zero attached hydrogens (tertiary/aromatic N) is 6. The zero-order chi connectivity index (χ0) is 17.4. The van der Waals surface area contributed by atoms with E-state index in [9.17, 15) is 0 Å². The van der Waals surface area contributed by atoms with E-state index in [1.54, 1.807) is 6.33 Å². The van der Waals surface area contributed by atoms with Crippen LogP contribution in [0.1, 0.15) is 49.1 Å². The molecule has 24 heavy (non-hydrogen) atoms. The van der Waals surface area contributed by atoms with Crippen LogP contribution in [0, 0.1) is 26.7 Å². The topological polar surface area (TPSA) is 72.9 Å². The van der Waals surface area contributed by atoms with Gasteiger partial charge in [-0.1, -0.05) is 13.8 Å². The van der Waals surface area contributed by atoms with Gasteiger partial charge in [0.05, 0.1) is 11.7 Å². The van der Waals surface area contributed by atoms with Crippen LogP contribution in [0.5, 0.6) is 0 Å². The van der Waals surface area contributed by atoms with Crippen LogP contribution >= 0.6 is 0 Å². The molecule has 0 aliphatic rings. The summed E-state index contributed by atoms with van der Waals surface area (Å²) in [6.07, 6.45) is 2.55. The van der Waals surface area contributed by atoms with Crippen molar-refractivity contribution >= 4 is 11.5 Å². The molecule has 0 amide bonds. The van der Waals surface area contributed by atoms with Crippen LogP contribution in [0.3, 0.4) is 0 Å². The van der Waals surface area contributed by atoms with E-state index in [1.807, 2.05) is 36.2 Å². The average molecular weight is 327 g/mol. The van der Waals surface area contributed by atoms with Crippen molar-refractivity contribution in [3.8, 4) is 0 Å². The van der Waals surface area contributed by atoms with Gasteiger partial charge in [0.2, 0.25) is 0 Å². The van der Waals surface area contributed by atoms with Gasteiger partial charge in [0.25, 0.3) is 0 Å². The maximum absolute atomic E-state index is 4.64. The smallest absolute Gasteiger partial charge is 0.160 e. The van der Waals surface area contributed by atoms with Crippen LogP contribution in [0.25, 0.3) is 5.65 Å². The lowest BCUT2D eigenvalue weighted by atomic mass is 10.0. The maximum atomic E-state index is 4.64. The second kappa shape index (κ2) is 6.22. The van der Waals surface area contributed by atoms with Crippen molar-refractivity contribution in [3.63, 3.8) is 0 Å². The predicted molar refractivity (Wildman–Crippen MR) is 94.0 cm³/mol. The zero-order valence-electron chi connectivity index (χ0n) is 15.2. The third kappa shape index (κ3) is 2.98. The molecule has 0 saturated carbocycles. The molecule has 128 valence electrons. The Bertz CT molecular complexity index is 859. The minimum atomic E-state index is 0.0623. The number of nitrogens with one attached hydrogen (secondary N) is 1. The van der Waals surface area contributed by atoms with Gasteiger partial charge in [0, 0.05) is 24.4 Å². The highest BCUT2D eigenvalue weighted by Gasteiger charge is 2.20. The molecule has 0 unspecified atom stereocenters. The summed E-state index contributed by atoms with van der Waals surface area (Å²) >= 11 is 0. The number of anilines is 1. The fourth-order valence-electron chi connectivity index (χ4n) is 2.95. The molecule has 3 aromatic heterocycles. The van der Waals surface area contributed by atoms with Crippen LogP contribution in [-0.4, -0.2) is 29.4 Å². The Morgan fingerprint density at radius 1 is 1.21 bits per heavy atom. The lowest BCUT2D eigenvalue weighted by Gasteiger charge is -2.21. The third-order valence-electron chi connectivity index (χ3n) is 4.27. The van der Waals surface area contributed by atoms with E-state index >= 15 is 0 Å². The van der Waals surface area contributed by atoms with E-state index in [2.05, 4.69) is 46.3 Å². The molecular formula is C17H25N7. The molecule has 3 aromatic rings. The van der Waals surface area contributed by atoms with Crippen LogP contribution in [-0.2, 0) is 7.05 Å². The van der Waals surface area contributed by atoms with Crippen molar-refractivity contribution in [1.29, 1.82) is 0 Å². The summed E-state index contributed by atoms with van der Waals surface area (Å²) < 4.78 is 3.71. The summed E-state index contributed by atoms with van der Waals surface area (Å²) in [5.41, 5.74) is 3.97. The maximum Gasteiger partial charge on any atom is 0.160 e. The van der Waals surface area contributed by atoms with Gasteiger partial charge >= 0.3 is 0 Å². The molecule has 3 heterocycles. The Kier molecular flexibility index (Phi) is 4.26. The Hall–Kier alpha value is -2.44. The molecule has 0 aromatic carbocycles. The van der Waals surface area contributed by atoms with Crippen LogP contribution in [0.2, 0.25) is 0 Å². The number of aryl methyl sites for hydroxylation is 4. The van der Waals surface area contributed by atoms with E-state index < -0.39 is 0 Å². The van der Waals surface area contributed by atoms with Gasteiger partial charge in [-0.2, -0.15) is 14.7 Å². The minimum Gasteiger partial charge on any atom is -0.360 e. The zero-order valence-corrected chi connectivity index (χ0v) is 15.2. The monoisotopic (exact) mass is 327 g/mol. The van der Waals surface area contributed by atoms with Crippen molar-refractivity contribution < 1.29 is 0 Å². The first kappa shape index (κ1) is 16.4. The minimum absolute atomic E-state index is 0.0623. The number of hydrogen-bond acceptors (Lipinski definition) is 5. The van der Waals surface area contributed by atoms with Gasteiger partial charge in [-0.05, 0) is 33.1 Å². The van der Waals surface area contributed by atoms with E-state index in [0.717, 1.165) is 40.7 Å². The second-order valence-corrected chi connectivity index (χ2v) is 6.80. The van der Waals surface area contributed by atoms with Crippen molar-refractivity contribution in [1.82, 2.24) is 29.4 Å². The molecule has 1 atom stereocenters. The Morgan fingerprint density at radius 2 is 1.96 bits per heavy atom. The molecule has 1 N–H and O–H groups in total. The van der Waals surface area contributed by atoms with E-state index in [0.29, 0.717) is 5.92 Å². The first-order valence-electron chi connectivity index (χ1n) is 8.30. The molecule has 3 rings (SSSR count). The van der Waals surface area contributed by atoms with Crippen LogP contribution in [0.4, 0.5) is 5.82 Å². The molecular weight excluding hydrogens is 302 g/mol. The van der Waals surface area contributed by atoms with Crippen LogP contribution in [0.15, 0.2) is 12.4 Å². The molecule has 0 fully saturated rings. The van der Waals surface area contributed by atoms with E-state index in [4.69, 9.17) is 0 Å². The highest BCUT2D eigenvalue weighted by atomic mass is 15.3. The molecule has 0 spiro atoms. The lowest BCUT2D eigenvalue weighted by molar-refractivity contribution is 0.496. The highest BCUT2D eigenvalue weighted by molar-refractivity contribution is 5.56. The van der Waals surface area contributed by atoms with Gasteiger partial charge in [0.1, 0.15) is 18.0 Å². The van der Waals surface area contributed by atoms with Crippen molar-refractivity contribution in [2.75, 3.05) is 5.32 Å². The van der Waals surface area contributed by atoms with Gasteiger partial charge in [-0.15, -0.1) is 0 Å². The Balaban J connectivity index is 2.05. The first-order chi connectivity index (χ1) is 11.4. The molecule has 7 heteroatoms. The highest BCUT2D eigenvalue weighted by Crippen LogP contribution is 2.26. The molecule has 0 bridgehead atoms. The predicted octanol–water partition coefficient (Wildman–Crippen LogP) is 2.98. The summed E-state index contributed by atoms with van der Waals surface area (Å²) in [5.74, 6) is 2.38. The summed E-state index contributed by atoms with van der Waals surface area (Å²) in [5, 5.41) is 12.5. The quantitative estimate of drug-likeness (QED) is 0.780. The largest absolute Gasteiger partial charge is 0.360 e. The third-order valence-corrected chi connectivity index (χ3v) is 4.27. The van der Waals surface area contributed by atoms with Crippen molar-refractivity contribution in [2.24, 2.45) is 13.0 Å². The van der Waals surface area contributed by atoms with Crippen molar-refractivity contribution in [2.45, 2.75) is 47.1 Å². The fourth-order valence-corrected chi connectivity index (χ4v) is 2.95. The van der Waals surface area contributed by atoms with Crippen LogP contribution < -0.4 is 5.32 Å². The Labute approximate surface area is 142 Å². The number of rotatable bonds is 5. The number of aromatic nitrogens is 6. The van der Waals surface area contributed by atoms with Crippen molar-refractivity contribution in [3.05, 3.63) is 35.2 Å². The first-order valence-corrected chi connectivity index (χ1v) is 8.30. The summed E-state index contributed by atoms with van der Waals surface area (Å²) in [7, 11) is 1.92. The number of fused-ring (bicyclic) bond motifs is 1. The summed E-state index contributed by atoms with van der Waals surface area (Å²) in [6.45, 7) is 10.5. The fraction of sp³-hybridized carbons (Fsp3) is 0.529.